The van der Waals surface area contributed by atoms with Crippen molar-refractivity contribution in [1.29, 1.82) is 0 Å². The molecule has 0 aliphatic carbocycles. The molecule has 0 amide bonds. The van der Waals surface area contributed by atoms with E-state index < -0.39 is 0 Å². The second-order valence-corrected chi connectivity index (χ2v) is 16.4. The van der Waals surface area contributed by atoms with Crippen molar-refractivity contribution >= 4 is 42.4 Å². The summed E-state index contributed by atoms with van der Waals surface area (Å²) in [6.07, 6.45) is 13.3. The van der Waals surface area contributed by atoms with E-state index in [9.17, 15) is 0 Å². The van der Waals surface area contributed by atoms with Gasteiger partial charge in [-0.15, -0.1) is 0 Å². The predicted molar refractivity (Wildman–Crippen MR) is 265 cm³/mol. The average Bonchev–Trinajstić information content (AvgIpc) is 3.73. The first-order valence-electron chi connectivity index (χ1n) is 22.7. The number of hydrogen-bond acceptors (Lipinski definition) is 2. The molecule has 0 bridgehead atoms. The second kappa shape index (κ2) is 24.5. The van der Waals surface area contributed by atoms with E-state index in [4.69, 9.17) is 0 Å². The van der Waals surface area contributed by atoms with Crippen molar-refractivity contribution in [2.45, 2.75) is 103 Å². The van der Waals surface area contributed by atoms with Gasteiger partial charge >= 0.3 is 27.7 Å². The van der Waals surface area contributed by atoms with Gasteiger partial charge in [0.1, 0.15) is 0 Å². The van der Waals surface area contributed by atoms with E-state index in [1.165, 1.54) is 112 Å². The molecular formula is C58H63ClN2Pd+. The van der Waals surface area contributed by atoms with E-state index in [1.54, 1.807) is 6.42 Å². The molecule has 7 aromatic carbocycles. The van der Waals surface area contributed by atoms with Crippen LogP contribution in [0, 0.1) is 26.4 Å². The van der Waals surface area contributed by atoms with E-state index in [0.717, 1.165) is 0 Å². The van der Waals surface area contributed by atoms with E-state index in [2.05, 4.69) is 212 Å². The van der Waals surface area contributed by atoms with Crippen LogP contribution in [0.2, 0.25) is 0 Å². The van der Waals surface area contributed by atoms with Gasteiger partial charge in [-0.2, -0.15) is 0 Å². The molecule has 4 heteroatoms. The first-order chi connectivity index (χ1) is 30.6. The molecule has 1 aliphatic heterocycles. The Kier molecular flexibility index (Phi) is 18.6. The molecular weight excluding hydrogens is 867 g/mol. The zero-order valence-electron chi connectivity index (χ0n) is 37.0. The fraction of sp³-hybridized carbons (Fsp3) is 0.276. The number of rotatable bonds is 16. The van der Waals surface area contributed by atoms with Crippen molar-refractivity contribution < 1.29 is 18.2 Å². The number of hydrogen-bond donors (Lipinski definition) is 0. The first kappa shape index (κ1) is 47.1. The maximum atomic E-state index is 4.49. The van der Waals surface area contributed by atoms with Crippen LogP contribution in [-0.4, -0.2) is 0 Å². The molecule has 0 spiro atoms. The third kappa shape index (κ3) is 11.0. The van der Waals surface area contributed by atoms with Crippen molar-refractivity contribution in [2.24, 2.45) is 0 Å². The quantitative estimate of drug-likeness (QED) is 0.0891. The summed E-state index contributed by atoms with van der Waals surface area (Å²) in [5.41, 5.74) is 9.23. The van der Waals surface area contributed by atoms with Crippen molar-refractivity contribution in [3.63, 3.8) is 0 Å². The standard InChI is InChI=1S/C49H54N2.C9H9.ClH.Pd/c1-5-19-36(20-6-2)42-31-15-27-38-29-17-33-44(46(38)42)50-35-51(49(41-25-13-10-14-26-41)48(50)40-23-11-9-12-24-40)45-34-18-30-39-28-16-32-43(47(39)45)37(21-7-3)22-8-4;1-2-6-9-7-4-3-5-8-9;;/h9-18,23-34,36-37,48-49H,5-8,19-22H2,1-4H3;2-8H,1H2;1H;/q;;;+2/p-1/t48-,49-;;;/m0.../s1. The van der Waals surface area contributed by atoms with Crippen molar-refractivity contribution in [2.75, 3.05) is 9.80 Å². The van der Waals surface area contributed by atoms with Gasteiger partial charge in [-0.25, -0.2) is 0 Å². The number of nitrogens with zero attached hydrogens (tertiary/aromatic N) is 2. The fourth-order valence-corrected chi connectivity index (χ4v) is 9.68. The molecule has 2 atom stereocenters. The molecule has 7 aromatic rings. The molecule has 5 radical (unpaired) electrons. The number of fused-ring (bicyclic) bond motifs is 2. The molecule has 0 unspecified atom stereocenters. The van der Waals surface area contributed by atoms with E-state index in [0.29, 0.717) is 11.8 Å². The summed E-state index contributed by atoms with van der Waals surface area (Å²) in [7, 11) is 4.49. The minimum absolute atomic E-state index is 0.00700. The van der Waals surface area contributed by atoms with Gasteiger partial charge in [0.15, 0.2) is 0 Å². The summed E-state index contributed by atoms with van der Waals surface area (Å²) in [5.74, 6) is 1.05. The van der Waals surface area contributed by atoms with Crippen LogP contribution >= 0.6 is 9.53 Å². The molecule has 0 aromatic heterocycles. The molecule has 1 aliphatic rings. The Balaban J connectivity index is 0.000000514. The molecule has 1 heterocycles. The summed E-state index contributed by atoms with van der Waals surface area (Å²) in [4.78, 5) is 5.01. The Bertz CT molecular complexity index is 2200. The summed E-state index contributed by atoms with van der Waals surface area (Å²) in [5, 5.41) is 5.36. The van der Waals surface area contributed by atoms with Crippen molar-refractivity contribution in [1.82, 2.24) is 0 Å². The van der Waals surface area contributed by atoms with Gasteiger partial charge in [-0.1, -0.05) is 205 Å². The summed E-state index contributed by atoms with van der Waals surface area (Å²) in [6, 6.07) is 60.2. The van der Waals surface area contributed by atoms with Crippen LogP contribution in [0.5, 0.6) is 0 Å². The van der Waals surface area contributed by atoms with Gasteiger partial charge in [0, 0.05) is 22.1 Å². The third-order valence-corrected chi connectivity index (χ3v) is 12.2. The molecule has 62 heavy (non-hydrogen) atoms. The molecule has 2 nitrogen and oxygen atoms in total. The Hall–Kier alpha value is -4.39. The van der Waals surface area contributed by atoms with Crippen molar-refractivity contribution in [3.05, 3.63) is 218 Å². The number of anilines is 2. The van der Waals surface area contributed by atoms with Crippen LogP contribution < -0.4 is 9.80 Å². The van der Waals surface area contributed by atoms with Crippen LogP contribution in [0.3, 0.4) is 0 Å². The fourth-order valence-electron chi connectivity index (χ4n) is 9.68. The summed E-state index contributed by atoms with van der Waals surface area (Å²) >= 11 is 2.22. The van der Waals surface area contributed by atoms with Gasteiger partial charge in [0.05, 0.1) is 12.1 Å². The summed E-state index contributed by atoms with van der Waals surface area (Å²) < 4.78 is 0. The topological polar surface area (TPSA) is 6.48 Å². The second-order valence-electron chi connectivity index (χ2n) is 16.4. The Labute approximate surface area is 389 Å². The van der Waals surface area contributed by atoms with Crippen LogP contribution in [0.15, 0.2) is 164 Å². The molecule has 1 saturated heterocycles. The number of halogens is 1. The predicted octanol–water partition coefficient (Wildman–Crippen LogP) is 17.1. The van der Waals surface area contributed by atoms with Crippen LogP contribution in [0.4, 0.5) is 11.4 Å². The Morgan fingerprint density at radius 3 is 1.21 bits per heavy atom. The van der Waals surface area contributed by atoms with Crippen LogP contribution in [0.25, 0.3) is 21.5 Å². The van der Waals surface area contributed by atoms with Gasteiger partial charge in [0.25, 0.3) is 0 Å². The zero-order valence-corrected chi connectivity index (χ0v) is 39.3. The van der Waals surface area contributed by atoms with E-state index in [-0.39, 0.29) is 12.1 Å². The maximum absolute atomic E-state index is 4.49. The summed E-state index contributed by atoms with van der Waals surface area (Å²) in [6.45, 7) is 17.0. The van der Waals surface area contributed by atoms with E-state index >= 15 is 0 Å². The van der Waals surface area contributed by atoms with Gasteiger partial charge in [0.2, 0.25) is 6.67 Å². The van der Waals surface area contributed by atoms with Crippen LogP contribution in [-0.2, 0) is 18.2 Å². The minimum atomic E-state index is 0.00700. The monoisotopic (exact) mass is 928 g/mol. The van der Waals surface area contributed by atoms with Gasteiger partial charge in [-0.3, -0.25) is 0 Å². The Morgan fingerprint density at radius 2 is 0.855 bits per heavy atom. The van der Waals surface area contributed by atoms with E-state index in [1.807, 2.05) is 36.8 Å². The van der Waals surface area contributed by atoms with Crippen LogP contribution in [0.1, 0.15) is 131 Å². The van der Waals surface area contributed by atoms with Crippen molar-refractivity contribution in [3.8, 4) is 0 Å². The SMILES string of the molecule is CCCC(CCC)c1cccc2cccc(N3[C]N(c4cccc5cccc(C(CCC)CCC)c45)[C@@H](c4ccccc4)[C@@H]3c3ccccc3)c12.[CH2][CH][CH]c1ccccc1.[Cl][Pd+]. The Morgan fingerprint density at radius 1 is 0.500 bits per heavy atom. The molecule has 0 N–H and O–H groups in total. The molecule has 1 fully saturated rings. The average molecular weight is 930 g/mol. The normalized spacial score (nSPS) is 14.9. The van der Waals surface area contributed by atoms with Gasteiger partial charge in [-0.05, 0) is 108 Å². The number of benzene rings is 7. The molecule has 8 rings (SSSR count). The van der Waals surface area contributed by atoms with Gasteiger partial charge < -0.3 is 9.80 Å². The zero-order chi connectivity index (χ0) is 43.7. The third-order valence-electron chi connectivity index (χ3n) is 12.2. The first-order valence-corrected chi connectivity index (χ1v) is 24.7. The molecule has 0 saturated carbocycles. The molecule has 321 valence electrons.